The highest BCUT2D eigenvalue weighted by atomic mass is 16.5. The number of H-pyrrole nitrogens is 1. The van der Waals surface area contributed by atoms with Gasteiger partial charge in [-0.25, -0.2) is 15.2 Å². The Bertz CT molecular complexity index is 1510. The molecule has 12 nitrogen and oxygen atoms in total. The van der Waals surface area contributed by atoms with Gasteiger partial charge >= 0.3 is 6.09 Å². The van der Waals surface area contributed by atoms with Gasteiger partial charge in [0.05, 0.1) is 33.9 Å². The fourth-order valence-corrected chi connectivity index (χ4v) is 4.01. The zero-order chi connectivity index (χ0) is 30.4. The number of hydrogen-bond donors (Lipinski definition) is 3. The van der Waals surface area contributed by atoms with Crippen LogP contribution in [0.3, 0.4) is 0 Å². The minimum Gasteiger partial charge on any atom is -0.497 e. The van der Waals surface area contributed by atoms with Gasteiger partial charge in [0.25, 0.3) is 5.91 Å². The highest BCUT2D eigenvalue weighted by molar-refractivity contribution is 5.87. The molecule has 0 saturated heterocycles. The standard InChI is InChI=1S/C31H33N5O7/c1-39-25-10-12-27(40-2)23(14-25)19-42-28-11-9-22(13-29(28)41-3)16-34-36-30(37)26(15-24-17-32-20-33-24)35-31(38)43-18-21-7-5-4-6-8-21/h4-14,16-17,20,26H,15,18-19H2,1-3H3,(H,32,33)(H,35,38)(H,36,37)/b34-16-/t26-/m1/s1. The zero-order valence-corrected chi connectivity index (χ0v) is 24.0. The summed E-state index contributed by atoms with van der Waals surface area (Å²) < 4.78 is 27.5. The molecule has 0 aliphatic heterocycles. The molecular formula is C31H33N5O7. The Morgan fingerprint density at radius 1 is 0.930 bits per heavy atom. The summed E-state index contributed by atoms with van der Waals surface area (Å²) in [5.41, 5.74) is 5.40. The molecule has 0 bridgehead atoms. The summed E-state index contributed by atoms with van der Waals surface area (Å²) in [4.78, 5) is 32.3. The van der Waals surface area contributed by atoms with Gasteiger partial charge in [0, 0.05) is 23.9 Å². The van der Waals surface area contributed by atoms with E-state index in [4.69, 9.17) is 23.7 Å². The highest BCUT2D eigenvalue weighted by Crippen LogP contribution is 2.30. The Morgan fingerprint density at radius 3 is 2.44 bits per heavy atom. The third-order valence-corrected chi connectivity index (χ3v) is 6.25. The van der Waals surface area contributed by atoms with Crippen molar-refractivity contribution in [2.75, 3.05) is 21.3 Å². The second kappa shape index (κ2) is 15.5. The van der Waals surface area contributed by atoms with E-state index in [1.807, 2.05) is 48.5 Å². The Labute approximate surface area is 249 Å². The Morgan fingerprint density at radius 2 is 1.72 bits per heavy atom. The number of ether oxygens (including phenoxy) is 5. The van der Waals surface area contributed by atoms with E-state index < -0.39 is 18.0 Å². The second-order valence-corrected chi connectivity index (χ2v) is 9.15. The molecule has 1 aromatic heterocycles. The summed E-state index contributed by atoms with van der Waals surface area (Å²) in [5, 5.41) is 6.66. The number of carbonyl (C=O) groups is 2. The number of alkyl carbamates (subject to hydrolysis) is 1. The van der Waals surface area contributed by atoms with Crippen LogP contribution in [0.4, 0.5) is 4.79 Å². The van der Waals surface area contributed by atoms with Gasteiger partial charge in [-0.1, -0.05) is 30.3 Å². The number of hydrazone groups is 1. The predicted octanol–water partition coefficient (Wildman–Crippen LogP) is 4.00. The lowest BCUT2D eigenvalue weighted by atomic mass is 10.1. The van der Waals surface area contributed by atoms with Gasteiger partial charge in [0.15, 0.2) is 11.5 Å². The van der Waals surface area contributed by atoms with E-state index in [0.29, 0.717) is 34.3 Å². The number of amides is 2. The first-order valence-electron chi connectivity index (χ1n) is 13.3. The number of nitrogens with zero attached hydrogens (tertiary/aromatic N) is 2. The van der Waals surface area contributed by atoms with Crippen LogP contribution in [0.5, 0.6) is 23.0 Å². The smallest absolute Gasteiger partial charge is 0.408 e. The molecule has 3 aromatic carbocycles. The van der Waals surface area contributed by atoms with E-state index in [9.17, 15) is 9.59 Å². The van der Waals surface area contributed by atoms with Crippen LogP contribution in [-0.4, -0.2) is 55.6 Å². The average molecular weight is 588 g/mol. The summed E-state index contributed by atoms with van der Waals surface area (Å²) in [6.45, 7) is 0.288. The molecular weight excluding hydrogens is 554 g/mol. The van der Waals surface area contributed by atoms with Crippen molar-refractivity contribution in [3.63, 3.8) is 0 Å². The summed E-state index contributed by atoms with van der Waals surface area (Å²) in [6.07, 6.45) is 3.93. The van der Waals surface area contributed by atoms with Crippen LogP contribution >= 0.6 is 0 Å². The number of benzene rings is 3. The minimum atomic E-state index is -0.972. The normalized spacial score (nSPS) is 11.4. The number of methoxy groups -OCH3 is 3. The topological polar surface area (TPSA) is 145 Å². The lowest BCUT2D eigenvalue weighted by molar-refractivity contribution is -0.123. The van der Waals surface area contributed by atoms with E-state index in [-0.39, 0.29) is 19.6 Å². The van der Waals surface area contributed by atoms with Crippen LogP contribution in [0, 0.1) is 0 Å². The molecule has 4 rings (SSSR count). The number of aromatic amines is 1. The summed E-state index contributed by atoms with van der Waals surface area (Å²) in [6, 6.07) is 18.9. The molecule has 0 saturated carbocycles. The van der Waals surface area contributed by atoms with E-state index in [1.54, 1.807) is 38.6 Å². The second-order valence-electron chi connectivity index (χ2n) is 9.15. The van der Waals surface area contributed by atoms with Crippen molar-refractivity contribution in [3.05, 3.63) is 102 Å². The van der Waals surface area contributed by atoms with Gasteiger partial charge in [-0.2, -0.15) is 5.10 Å². The first-order valence-corrected chi connectivity index (χ1v) is 13.3. The average Bonchev–Trinajstić information content (AvgIpc) is 3.56. The lowest BCUT2D eigenvalue weighted by Gasteiger charge is -2.16. The van der Waals surface area contributed by atoms with Gasteiger partial charge < -0.3 is 34.0 Å². The molecule has 43 heavy (non-hydrogen) atoms. The van der Waals surface area contributed by atoms with Crippen molar-refractivity contribution in [1.82, 2.24) is 20.7 Å². The van der Waals surface area contributed by atoms with Crippen LogP contribution < -0.4 is 29.7 Å². The van der Waals surface area contributed by atoms with Crippen LogP contribution in [0.2, 0.25) is 0 Å². The van der Waals surface area contributed by atoms with Crippen LogP contribution in [0.15, 0.2) is 84.4 Å². The minimum absolute atomic E-state index is 0.0673. The molecule has 224 valence electrons. The molecule has 0 radical (unpaired) electrons. The third kappa shape index (κ3) is 8.98. The largest absolute Gasteiger partial charge is 0.497 e. The third-order valence-electron chi connectivity index (χ3n) is 6.25. The molecule has 1 atom stereocenters. The van der Waals surface area contributed by atoms with Crippen molar-refractivity contribution in [2.45, 2.75) is 25.7 Å². The van der Waals surface area contributed by atoms with Gasteiger partial charge in [0.1, 0.15) is 30.8 Å². The molecule has 1 heterocycles. The summed E-state index contributed by atoms with van der Waals surface area (Å²) >= 11 is 0. The van der Waals surface area contributed by atoms with Gasteiger partial charge in [0.2, 0.25) is 0 Å². The Balaban J connectivity index is 1.37. The van der Waals surface area contributed by atoms with Crippen LogP contribution in [0.25, 0.3) is 0 Å². The molecule has 0 aliphatic rings. The van der Waals surface area contributed by atoms with Crippen LogP contribution in [-0.2, 0) is 29.2 Å². The number of aromatic nitrogens is 2. The van der Waals surface area contributed by atoms with Gasteiger partial charge in [-0.15, -0.1) is 0 Å². The SMILES string of the molecule is COc1ccc(OC)c(COc2ccc(/C=N\NC(=O)[C@@H](Cc3cnc[nH]3)NC(=O)OCc3ccccc3)cc2OC)c1. The Kier molecular flexibility index (Phi) is 11.0. The molecule has 2 amide bonds. The monoisotopic (exact) mass is 587 g/mol. The van der Waals surface area contributed by atoms with Crippen molar-refractivity contribution >= 4 is 18.2 Å². The Hall–Kier alpha value is -5.52. The summed E-state index contributed by atoms with van der Waals surface area (Å²) in [7, 11) is 4.71. The molecule has 0 aliphatic carbocycles. The summed E-state index contributed by atoms with van der Waals surface area (Å²) in [5.74, 6) is 1.79. The maximum atomic E-state index is 13.0. The molecule has 0 spiro atoms. The van der Waals surface area contributed by atoms with Gasteiger partial charge in [-0.05, 0) is 47.5 Å². The van der Waals surface area contributed by atoms with Crippen molar-refractivity contribution < 1.29 is 33.3 Å². The maximum Gasteiger partial charge on any atom is 0.408 e. The first-order chi connectivity index (χ1) is 21.0. The molecule has 4 aromatic rings. The zero-order valence-electron chi connectivity index (χ0n) is 24.0. The maximum absolute atomic E-state index is 13.0. The molecule has 12 heteroatoms. The highest BCUT2D eigenvalue weighted by Gasteiger charge is 2.22. The van der Waals surface area contributed by atoms with Gasteiger partial charge in [-0.3, -0.25) is 4.79 Å². The number of nitrogens with one attached hydrogen (secondary N) is 3. The fourth-order valence-electron chi connectivity index (χ4n) is 4.01. The van der Waals surface area contributed by atoms with Crippen molar-refractivity contribution in [1.29, 1.82) is 0 Å². The van der Waals surface area contributed by atoms with Crippen LogP contribution in [0.1, 0.15) is 22.4 Å². The van der Waals surface area contributed by atoms with Crippen molar-refractivity contribution in [3.8, 4) is 23.0 Å². The van der Waals surface area contributed by atoms with E-state index in [1.165, 1.54) is 19.7 Å². The number of imidazole rings is 1. The van der Waals surface area contributed by atoms with E-state index in [2.05, 4.69) is 25.8 Å². The lowest BCUT2D eigenvalue weighted by Crippen LogP contribution is -2.47. The molecule has 0 fully saturated rings. The van der Waals surface area contributed by atoms with Crippen molar-refractivity contribution in [2.24, 2.45) is 5.10 Å². The number of hydrogen-bond acceptors (Lipinski definition) is 9. The molecule has 3 N–H and O–H groups in total. The number of rotatable bonds is 14. The fraction of sp³-hybridized carbons (Fsp3) is 0.226. The van der Waals surface area contributed by atoms with E-state index in [0.717, 1.165) is 11.1 Å². The number of carbonyl (C=O) groups excluding carboxylic acids is 2. The van der Waals surface area contributed by atoms with E-state index >= 15 is 0 Å². The molecule has 0 unspecified atom stereocenters. The first kappa shape index (κ1) is 30.4. The quantitative estimate of drug-likeness (QED) is 0.148. The predicted molar refractivity (Wildman–Crippen MR) is 158 cm³/mol.